The second kappa shape index (κ2) is 6.16. The van der Waals surface area contributed by atoms with Crippen molar-refractivity contribution in [3.8, 4) is 0 Å². The van der Waals surface area contributed by atoms with Gasteiger partial charge in [0.1, 0.15) is 6.29 Å². The Kier molecular flexibility index (Phi) is 4.79. The molecule has 0 bridgehead atoms. The minimum Gasteiger partial charge on any atom is -0.393 e. The third-order valence-electron chi connectivity index (χ3n) is 4.73. The molecule has 1 saturated heterocycles. The highest BCUT2D eigenvalue weighted by Gasteiger charge is 2.37. The van der Waals surface area contributed by atoms with Crippen LogP contribution in [0.2, 0.25) is 0 Å². The lowest BCUT2D eigenvalue weighted by atomic mass is 9.85. The van der Waals surface area contributed by atoms with E-state index < -0.39 is 0 Å². The van der Waals surface area contributed by atoms with Crippen LogP contribution in [0.3, 0.4) is 0 Å². The number of aldehydes is 1. The summed E-state index contributed by atoms with van der Waals surface area (Å²) in [5, 5.41) is 9.61. The van der Waals surface area contributed by atoms with Crippen LogP contribution in [0.25, 0.3) is 0 Å². The number of hydrogen-bond acceptors (Lipinski definition) is 3. The van der Waals surface area contributed by atoms with Gasteiger partial charge in [-0.1, -0.05) is 19.3 Å². The van der Waals surface area contributed by atoms with E-state index in [0.717, 1.165) is 32.4 Å². The fourth-order valence-corrected chi connectivity index (χ4v) is 3.73. The largest absolute Gasteiger partial charge is 0.393 e. The molecular formula is C15H27NO2. The summed E-state index contributed by atoms with van der Waals surface area (Å²) in [6.45, 7) is 3.90. The van der Waals surface area contributed by atoms with Gasteiger partial charge in [-0.3, -0.25) is 4.90 Å². The maximum absolute atomic E-state index is 11.5. The highest BCUT2D eigenvalue weighted by atomic mass is 16.3. The molecule has 0 aromatic carbocycles. The van der Waals surface area contributed by atoms with E-state index in [-0.39, 0.29) is 11.5 Å². The molecular weight excluding hydrogens is 226 g/mol. The number of nitrogens with zero attached hydrogens (tertiary/aromatic N) is 1. The van der Waals surface area contributed by atoms with Gasteiger partial charge in [-0.05, 0) is 45.6 Å². The first-order valence-corrected chi connectivity index (χ1v) is 7.54. The maximum Gasteiger partial charge on any atom is 0.127 e. The zero-order valence-corrected chi connectivity index (χ0v) is 11.6. The van der Waals surface area contributed by atoms with Gasteiger partial charge in [0.2, 0.25) is 0 Å². The van der Waals surface area contributed by atoms with Crippen molar-refractivity contribution in [1.29, 1.82) is 0 Å². The molecule has 0 amide bonds. The molecule has 2 rings (SSSR count). The summed E-state index contributed by atoms with van der Waals surface area (Å²) < 4.78 is 0. The van der Waals surface area contributed by atoms with Gasteiger partial charge in [0, 0.05) is 18.0 Å². The molecule has 2 unspecified atom stereocenters. The Morgan fingerprint density at radius 3 is 2.67 bits per heavy atom. The summed E-state index contributed by atoms with van der Waals surface area (Å²) in [6.07, 6.45) is 10.1. The summed E-state index contributed by atoms with van der Waals surface area (Å²) >= 11 is 0. The van der Waals surface area contributed by atoms with Crippen LogP contribution in [0.15, 0.2) is 0 Å². The first kappa shape index (κ1) is 14.0. The van der Waals surface area contributed by atoms with Gasteiger partial charge in [0.25, 0.3) is 0 Å². The number of hydrogen-bond donors (Lipinski definition) is 1. The fraction of sp³-hybridized carbons (Fsp3) is 0.933. The normalized spacial score (nSPS) is 30.2. The summed E-state index contributed by atoms with van der Waals surface area (Å²) in [6, 6.07) is 0.483. The summed E-state index contributed by atoms with van der Waals surface area (Å²) in [5.74, 6) is 0. The van der Waals surface area contributed by atoms with Gasteiger partial charge in [-0.2, -0.15) is 0 Å². The molecule has 2 atom stereocenters. The molecule has 3 nitrogen and oxygen atoms in total. The van der Waals surface area contributed by atoms with Crippen molar-refractivity contribution in [3.63, 3.8) is 0 Å². The number of likely N-dealkylation sites (tertiary alicyclic amines) is 1. The van der Waals surface area contributed by atoms with Gasteiger partial charge < -0.3 is 9.90 Å². The van der Waals surface area contributed by atoms with Gasteiger partial charge in [0.15, 0.2) is 0 Å². The first-order chi connectivity index (χ1) is 8.65. The SMILES string of the molecule is CC(O)CC1CCCCN1CC1(C=O)CCCC1. The number of aliphatic hydroxyl groups is 1. The van der Waals surface area contributed by atoms with Crippen LogP contribution in [0.5, 0.6) is 0 Å². The van der Waals surface area contributed by atoms with E-state index in [1.807, 2.05) is 6.92 Å². The van der Waals surface area contributed by atoms with E-state index >= 15 is 0 Å². The highest BCUT2D eigenvalue weighted by Crippen LogP contribution is 2.38. The number of rotatable bonds is 5. The fourth-order valence-electron chi connectivity index (χ4n) is 3.73. The molecule has 0 radical (unpaired) electrons. The van der Waals surface area contributed by atoms with Crippen LogP contribution in [0.1, 0.15) is 58.3 Å². The predicted molar refractivity (Wildman–Crippen MR) is 72.5 cm³/mol. The van der Waals surface area contributed by atoms with E-state index in [0.29, 0.717) is 6.04 Å². The molecule has 104 valence electrons. The molecule has 1 aliphatic carbocycles. The highest BCUT2D eigenvalue weighted by molar-refractivity contribution is 5.60. The molecule has 18 heavy (non-hydrogen) atoms. The Bertz CT molecular complexity index is 272. The van der Waals surface area contributed by atoms with Gasteiger partial charge in [-0.15, -0.1) is 0 Å². The molecule has 1 N–H and O–H groups in total. The lowest BCUT2D eigenvalue weighted by molar-refractivity contribution is -0.117. The Morgan fingerprint density at radius 1 is 1.33 bits per heavy atom. The topological polar surface area (TPSA) is 40.5 Å². The van der Waals surface area contributed by atoms with Crippen molar-refractivity contribution < 1.29 is 9.90 Å². The van der Waals surface area contributed by atoms with E-state index in [2.05, 4.69) is 4.90 Å². The molecule has 1 heterocycles. The third-order valence-corrected chi connectivity index (χ3v) is 4.73. The molecule has 0 aromatic heterocycles. The molecule has 1 saturated carbocycles. The average molecular weight is 253 g/mol. The molecule has 2 aliphatic rings. The van der Waals surface area contributed by atoms with Gasteiger partial charge in [0.05, 0.1) is 6.10 Å². The van der Waals surface area contributed by atoms with Crippen LogP contribution >= 0.6 is 0 Å². The van der Waals surface area contributed by atoms with Crippen molar-refractivity contribution in [2.24, 2.45) is 5.41 Å². The summed E-state index contributed by atoms with van der Waals surface area (Å²) in [4.78, 5) is 13.9. The molecule has 3 heteroatoms. The zero-order valence-electron chi connectivity index (χ0n) is 11.6. The average Bonchev–Trinajstić information content (AvgIpc) is 2.80. The van der Waals surface area contributed by atoms with Crippen molar-refractivity contribution in [3.05, 3.63) is 0 Å². The summed E-state index contributed by atoms with van der Waals surface area (Å²) in [5.41, 5.74) is -0.0751. The minimum atomic E-state index is -0.230. The standard InChI is InChI=1S/C15H27NO2/c1-13(18)10-14-6-2-5-9-16(14)11-15(12-17)7-3-4-8-15/h12-14,18H,2-11H2,1H3. The van der Waals surface area contributed by atoms with E-state index in [1.54, 1.807) is 0 Å². The minimum absolute atomic E-state index is 0.0751. The lowest BCUT2D eigenvalue weighted by Gasteiger charge is -2.40. The van der Waals surface area contributed by atoms with E-state index in [1.165, 1.54) is 38.4 Å². The van der Waals surface area contributed by atoms with Crippen LogP contribution < -0.4 is 0 Å². The predicted octanol–water partition coefficient (Wildman–Crippen LogP) is 2.37. The molecule has 1 aliphatic heterocycles. The zero-order chi connectivity index (χ0) is 13.0. The Balaban J connectivity index is 1.97. The number of carbonyl (C=O) groups excluding carboxylic acids is 1. The van der Waals surface area contributed by atoms with E-state index in [4.69, 9.17) is 0 Å². The first-order valence-electron chi connectivity index (χ1n) is 7.54. The lowest BCUT2D eigenvalue weighted by Crippen LogP contribution is -2.47. The third kappa shape index (κ3) is 3.33. The van der Waals surface area contributed by atoms with Crippen molar-refractivity contribution in [2.45, 2.75) is 70.4 Å². The van der Waals surface area contributed by atoms with Crippen molar-refractivity contribution >= 4 is 6.29 Å². The van der Waals surface area contributed by atoms with Crippen LogP contribution in [-0.2, 0) is 4.79 Å². The van der Waals surface area contributed by atoms with Gasteiger partial charge >= 0.3 is 0 Å². The van der Waals surface area contributed by atoms with Crippen LogP contribution in [-0.4, -0.2) is 41.5 Å². The Hall–Kier alpha value is -0.410. The molecule has 2 fully saturated rings. The van der Waals surface area contributed by atoms with Crippen LogP contribution in [0, 0.1) is 5.41 Å². The number of aliphatic hydroxyl groups excluding tert-OH is 1. The Morgan fingerprint density at radius 2 is 2.06 bits per heavy atom. The maximum atomic E-state index is 11.5. The smallest absolute Gasteiger partial charge is 0.127 e. The second-order valence-corrected chi connectivity index (χ2v) is 6.39. The molecule has 0 aromatic rings. The summed E-state index contributed by atoms with van der Waals surface area (Å²) in [7, 11) is 0. The van der Waals surface area contributed by atoms with Crippen LogP contribution in [0.4, 0.5) is 0 Å². The quantitative estimate of drug-likeness (QED) is 0.765. The monoisotopic (exact) mass is 253 g/mol. The second-order valence-electron chi connectivity index (χ2n) is 6.39. The number of piperidine rings is 1. The Labute approximate surface area is 111 Å². The van der Waals surface area contributed by atoms with Crippen molar-refractivity contribution in [1.82, 2.24) is 4.90 Å². The van der Waals surface area contributed by atoms with E-state index in [9.17, 15) is 9.90 Å². The van der Waals surface area contributed by atoms with Gasteiger partial charge in [-0.25, -0.2) is 0 Å². The number of carbonyl (C=O) groups is 1. The van der Waals surface area contributed by atoms with Crippen molar-refractivity contribution in [2.75, 3.05) is 13.1 Å². The molecule has 0 spiro atoms.